The topological polar surface area (TPSA) is 43.8 Å². The predicted octanol–water partition coefficient (Wildman–Crippen LogP) is 1.95. The fourth-order valence-electron chi connectivity index (χ4n) is 1.99. The van der Waals surface area contributed by atoms with Gasteiger partial charge in [0.25, 0.3) is 0 Å². The average Bonchev–Trinajstić information content (AvgIpc) is 2.52. The van der Waals surface area contributed by atoms with Gasteiger partial charge in [0.05, 0.1) is 12.0 Å². The van der Waals surface area contributed by atoms with Crippen LogP contribution in [0.25, 0.3) is 0 Å². The Hall–Kier alpha value is -0.830. The van der Waals surface area contributed by atoms with Crippen LogP contribution in [0.4, 0.5) is 0 Å². The van der Waals surface area contributed by atoms with Crippen molar-refractivity contribution in [1.29, 1.82) is 0 Å². The molecule has 1 heterocycles. The van der Waals surface area contributed by atoms with Crippen molar-refractivity contribution in [3.05, 3.63) is 18.2 Å². The van der Waals surface area contributed by atoms with E-state index in [1.807, 2.05) is 19.4 Å². The van der Waals surface area contributed by atoms with Crippen molar-refractivity contribution < 1.29 is 0 Å². The molecule has 1 saturated carbocycles. The van der Waals surface area contributed by atoms with Gasteiger partial charge < -0.3 is 10.3 Å². The molecule has 3 nitrogen and oxygen atoms in total. The van der Waals surface area contributed by atoms with Crippen LogP contribution < -0.4 is 5.73 Å². The van der Waals surface area contributed by atoms with E-state index in [9.17, 15) is 0 Å². The van der Waals surface area contributed by atoms with Gasteiger partial charge in [-0.2, -0.15) is 0 Å². The Labute approximate surface area is 85.3 Å². The van der Waals surface area contributed by atoms with Crippen LogP contribution in [0.5, 0.6) is 0 Å². The quantitative estimate of drug-likeness (QED) is 0.797. The summed E-state index contributed by atoms with van der Waals surface area (Å²) in [5.74, 6) is 0.800. The molecule has 2 N–H and O–H groups in total. The highest BCUT2D eigenvalue weighted by molar-refractivity contribution is 5.05. The fraction of sp³-hybridized carbons (Fsp3) is 0.727. The zero-order valence-electron chi connectivity index (χ0n) is 9.20. The van der Waals surface area contributed by atoms with Gasteiger partial charge in [0.2, 0.25) is 0 Å². The third kappa shape index (κ3) is 1.69. The average molecular weight is 193 g/mol. The molecule has 1 aliphatic rings. The van der Waals surface area contributed by atoms with E-state index < -0.39 is 0 Å². The molecule has 0 amide bonds. The van der Waals surface area contributed by atoms with Crippen molar-refractivity contribution in [2.75, 3.05) is 0 Å². The van der Waals surface area contributed by atoms with Crippen LogP contribution in [-0.4, -0.2) is 9.55 Å². The van der Waals surface area contributed by atoms with Gasteiger partial charge in [-0.3, -0.25) is 0 Å². The Kier molecular flexibility index (Phi) is 2.14. The van der Waals surface area contributed by atoms with Gasteiger partial charge in [0, 0.05) is 18.8 Å². The molecule has 1 fully saturated rings. The van der Waals surface area contributed by atoms with Gasteiger partial charge in [0.15, 0.2) is 0 Å². The zero-order valence-corrected chi connectivity index (χ0v) is 9.20. The first-order valence-corrected chi connectivity index (χ1v) is 5.26. The maximum atomic E-state index is 5.86. The maximum Gasteiger partial charge on any atom is 0.0948 e. The molecule has 78 valence electrons. The predicted molar refractivity (Wildman–Crippen MR) is 56.7 cm³/mol. The van der Waals surface area contributed by atoms with Crippen LogP contribution in [0.2, 0.25) is 0 Å². The van der Waals surface area contributed by atoms with Gasteiger partial charge in [-0.15, -0.1) is 0 Å². The third-order valence-corrected chi connectivity index (χ3v) is 3.35. The Balaban J connectivity index is 2.07. The number of nitrogens with zero attached hydrogens (tertiary/aromatic N) is 2. The van der Waals surface area contributed by atoms with Gasteiger partial charge >= 0.3 is 0 Å². The first-order chi connectivity index (χ1) is 6.50. The number of nitrogens with two attached hydrogens (primary N) is 1. The normalized spacial score (nSPS) is 26.1. The minimum atomic E-state index is 0.0827. The highest BCUT2D eigenvalue weighted by atomic mass is 15.1. The minimum absolute atomic E-state index is 0.0827. The van der Waals surface area contributed by atoms with Gasteiger partial charge in [-0.05, 0) is 24.7 Å². The SMILES string of the molecule is CC(N)c1cncn1CC1CC1(C)C. The second-order valence-electron chi connectivity index (χ2n) is 5.15. The summed E-state index contributed by atoms with van der Waals surface area (Å²) in [5.41, 5.74) is 7.54. The molecule has 0 aliphatic heterocycles. The van der Waals surface area contributed by atoms with Crippen molar-refractivity contribution in [3.63, 3.8) is 0 Å². The van der Waals surface area contributed by atoms with E-state index in [2.05, 4.69) is 23.4 Å². The molecule has 3 heteroatoms. The van der Waals surface area contributed by atoms with Gasteiger partial charge in [-0.25, -0.2) is 4.98 Å². The standard InChI is InChI=1S/C11H19N3/c1-8(12)10-5-13-7-14(10)6-9-4-11(9,2)3/h5,7-9H,4,6,12H2,1-3H3. The summed E-state index contributed by atoms with van der Waals surface area (Å²) in [7, 11) is 0. The van der Waals surface area contributed by atoms with Crippen molar-refractivity contribution in [2.24, 2.45) is 17.1 Å². The Bertz CT molecular complexity index is 325. The number of rotatable bonds is 3. The lowest BCUT2D eigenvalue weighted by atomic mass is 10.1. The summed E-state index contributed by atoms with van der Waals surface area (Å²) in [6.45, 7) is 7.72. The first kappa shape index (κ1) is 9.71. The molecule has 0 saturated heterocycles. The first-order valence-electron chi connectivity index (χ1n) is 5.26. The molecule has 0 aromatic carbocycles. The summed E-state index contributed by atoms with van der Waals surface area (Å²) in [4.78, 5) is 4.15. The van der Waals surface area contributed by atoms with Gasteiger partial charge in [-0.1, -0.05) is 13.8 Å². The van der Waals surface area contributed by atoms with Crippen molar-refractivity contribution >= 4 is 0 Å². The van der Waals surface area contributed by atoms with E-state index in [0.717, 1.165) is 18.2 Å². The van der Waals surface area contributed by atoms with Crippen LogP contribution in [0.15, 0.2) is 12.5 Å². The van der Waals surface area contributed by atoms with Crippen LogP contribution in [0, 0.1) is 11.3 Å². The van der Waals surface area contributed by atoms with E-state index in [1.54, 1.807) is 0 Å². The molecule has 1 aromatic rings. The lowest BCUT2D eigenvalue weighted by Crippen LogP contribution is -2.13. The fourth-order valence-corrected chi connectivity index (χ4v) is 1.99. The van der Waals surface area contributed by atoms with Crippen LogP contribution in [0.1, 0.15) is 38.9 Å². The molecule has 0 spiro atoms. The summed E-state index contributed by atoms with van der Waals surface area (Å²) in [6, 6.07) is 0.0827. The highest BCUT2D eigenvalue weighted by Gasteiger charge is 2.45. The Morgan fingerprint density at radius 1 is 1.71 bits per heavy atom. The molecule has 2 rings (SSSR count). The molecule has 2 atom stereocenters. The van der Waals surface area contributed by atoms with Crippen molar-refractivity contribution in [1.82, 2.24) is 9.55 Å². The molecule has 1 aliphatic carbocycles. The molecule has 14 heavy (non-hydrogen) atoms. The molecule has 0 radical (unpaired) electrons. The van der Waals surface area contributed by atoms with E-state index in [0.29, 0.717) is 5.41 Å². The summed E-state index contributed by atoms with van der Waals surface area (Å²) in [6.07, 6.45) is 5.09. The number of hydrogen-bond donors (Lipinski definition) is 1. The summed E-state index contributed by atoms with van der Waals surface area (Å²) < 4.78 is 2.20. The summed E-state index contributed by atoms with van der Waals surface area (Å²) >= 11 is 0. The Morgan fingerprint density at radius 3 is 2.86 bits per heavy atom. The van der Waals surface area contributed by atoms with E-state index in [4.69, 9.17) is 5.73 Å². The number of hydrogen-bond acceptors (Lipinski definition) is 2. The Morgan fingerprint density at radius 2 is 2.36 bits per heavy atom. The largest absolute Gasteiger partial charge is 0.333 e. The zero-order chi connectivity index (χ0) is 10.3. The van der Waals surface area contributed by atoms with Crippen LogP contribution in [0.3, 0.4) is 0 Å². The molecular formula is C11H19N3. The van der Waals surface area contributed by atoms with E-state index >= 15 is 0 Å². The van der Waals surface area contributed by atoms with Crippen LogP contribution in [-0.2, 0) is 6.54 Å². The number of imidazole rings is 1. The van der Waals surface area contributed by atoms with Crippen molar-refractivity contribution in [3.8, 4) is 0 Å². The summed E-state index contributed by atoms with van der Waals surface area (Å²) in [5, 5.41) is 0. The highest BCUT2D eigenvalue weighted by Crippen LogP contribution is 2.52. The second kappa shape index (κ2) is 3.09. The lowest BCUT2D eigenvalue weighted by Gasteiger charge is -2.11. The molecule has 2 unspecified atom stereocenters. The molecular weight excluding hydrogens is 174 g/mol. The lowest BCUT2D eigenvalue weighted by molar-refractivity contribution is 0.484. The van der Waals surface area contributed by atoms with E-state index in [1.165, 1.54) is 6.42 Å². The third-order valence-electron chi connectivity index (χ3n) is 3.35. The minimum Gasteiger partial charge on any atom is -0.333 e. The monoisotopic (exact) mass is 193 g/mol. The molecule has 1 aromatic heterocycles. The van der Waals surface area contributed by atoms with E-state index in [-0.39, 0.29) is 6.04 Å². The van der Waals surface area contributed by atoms with Gasteiger partial charge in [0.1, 0.15) is 0 Å². The van der Waals surface area contributed by atoms with Crippen molar-refractivity contribution in [2.45, 2.75) is 39.8 Å². The smallest absolute Gasteiger partial charge is 0.0948 e. The van der Waals surface area contributed by atoms with Crippen LogP contribution >= 0.6 is 0 Å². The number of aromatic nitrogens is 2. The second-order valence-corrected chi connectivity index (χ2v) is 5.15. The maximum absolute atomic E-state index is 5.86. The molecule has 0 bridgehead atoms.